The molecule has 0 radical (unpaired) electrons. The number of benzene rings is 2. The number of aromatic nitrogens is 1. The van der Waals surface area contributed by atoms with Crippen LogP contribution in [0.3, 0.4) is 0 Å². The predicted molar refractivity (Wildman–Crippen MR) is 130 cm³/mol. The van der Waals surface area contributed by atoms with E-state index in [0.717, 1.165) is 23.5 Å². The average molecular weight is 566 g/mol. The standard InChI is InChI=1S/C23H20Cl2F3NO4S2/c1-9(30)20-21(32-2)17(19(31)23(33-20)35-11-3-4-12(24)13(25)7-11)22-29-16(8-34-22)10-5-14(26)18(28)15(27)6-10/h3-9,17,19-21,23,30-31H,1-2H3/t9?,17?,19?,20?,21-,23-/m1/s1. The van der Waals surface area contributed by atoms with Gasteiger partial charge in [-0.2, -0.15) is 0 Å². The molecule has 1 saturated heterocycles. The van der Waals surface area contributed by atoms with Crippen molar-refractivity contribution in [1.29, 1.82) is 0 Å². The zero-order chi connectivity index (χ0) is 25.4. The highest BCUT2D eigenvalue weighted by molar-refractivity contribution is 7.99. The fourth-order valence-corrected chi connectivity index (χ4v) is 6.35. The minimum Gasteiger partial charge on any atom is -0.391 e. The molecule has 4 rings (SSSR count). The van der Waals surface area contributed by atoms with Gasteiger partial charge in [0.15, 0.2) is 17.5 Å². The first-order valence-electron chi connectivity index (χ1n) is 10.4. The molecular weight excluding hydrogens is 546 g/mol. The Bertz CT molecular complexity index is 1190. The number of aliphatic hydroxyl groups excluding tert-OH is 2. The molecule has 5 nitrogen and oxygen atoms in total. The van der Waals surface area contributed by atoms with E-state index in [9.17, 15) is 23.4 Å². The molecule has 0 aliphatic carbocycles. The van der Waals surface area contributed by atoms with E-state index < -0.39 is 53.2 Å². The molecule has 35 heavy (non-hydrogen) atoms. The Balaban J connectivity index is 1.69. The first-order chi connectivity index (χ1) is 16.6. The van der Waals surface area contributed by atoms with Gasteiger partial charge in [-0.3, -0.25) is 0 Å². The molecule has 3 aromatic rings. The highest BCUT2D eigenvalue weighted by Crippen LogP contribution is 2.44. The largest absolute Gasteiger partial charge is 0.391 e. The van der Waals surface area contributed by atoms with Crippen molar-refractivity contribution in [3.8, 4) is 11.3 Å². The van der Waals surface area contributed by atoms with Gasteiger partial charge in [0, 0.05) is 22.9 Å². The van der Waals surface area contributed by atoms with Crippen molar-refractivity contribution in [1.82, 2.24) is 4.98 Å². The molecule has 0 amide bonds. The summed E-state index contributed by atoms with van der Waals surface area (Å²) in [6.45, 7) is 1.55. The number of ether oxygens (including phenoxy) is 2. The van der Waals surface area contributed by atoms with Crippen LogP contribution in [0.2, 0.25) is 10.0 Å². The van der Waals surface area contributed by atoms with Crippen LogP contribution in [0.1, 0.15) is 17.8 Å². The maximum absolute atomic E-state index is 13.8. The molecule has 12 heteroatoms. The van der Waals surface area contributed by atoms with E-state index in [1.54, 1.807) is 30.5 Å². The molecule has 188 valence electrons. The van der Waals surface area contributed by atoms with Crippen molar-refractivity contribution in [3.63, 3.8) is 0 Å². The Labute approximate surface area is 217 Å². The van der Waals surface area contributed by atoms with Gasteiger partial charge in [0.2, 0.25) is 0 Å². The second-order valence-electron chi connectivity index (χ2n) is 7.95. The van der Waals surface area contributed by atoms with Crippen molar-refractivity contribution in [2.75, 3.05) is 7.11 Å². The summed E-state index contributed by atoms with van der Waals surface area (Å²) in [6, 6.07) is 6.69. The summed E-state index contributed by atoms with van der Waals surface area (Å²) in [4.78, 5) is 5.14. The van der Waals surface area contributed by atoms with Gasteiger partial charge in [0.05, 0.1) is 33.9 Å². The quantitative estimate of drug-likeness (QED) is 0.363. The van der Waals surface area contributed by atoms with Crippen LogP contribution in [0.4, 0.5) is 13.2 Å². The van der Waals surface area contributed by atoms with Gasteiger partial charge >= 0.3 is 0 Å². The van der Waals surface area contributed by atoms with E-state index in [1.807, 2.05) is 0 Å². The molecule has 1 aliphatic heterocycles. The van der Waals surface area contributed by atoms with Crippen LogP contribution < -0.4 is 0 Å². The molecule has 0 bridgehead atoms. The molecule has 1 aromatic heterocycles. The van der Waals surface area contributed by atoms with Crippen molar-refractivity contribution in [2.45, 2.75) is 47.6 Å². The van der Waals surface area contributed by atoms with Crippen molar-refractivity contribution in [3.05, 3.63) is 68.2 Å². The molecule has 4 unspecified atom stereocenters. The molecule has 6 atom stereocenters. The van der Waals surface area contributed by atoms with Crippen molar-refractivity contribution < 1.29 is 32.9 Å². The summed E-state index contributed by atoms with van der Waals surface area (Å²) >= 11 is 14.4. The lowest BCUT2D eigenvalue weighted by Gasteiger charge is -2.44. The number of thioether (sulfide) groups is 1. The number of nitrogens with zero attached hydrogens (tertiary/aromatic N) is 1. The number of hydrogen-bond donors (Lipinski definition) is 2. The van der Waals surface area contributed by atoms with Crippen LogP contribution in [0.5, 0.6) is 0 Å². The van der Waals surface area contributed by atoms with Crippen LogP contribution in [0.15, 0.2) is 40.6 Å². The van der Waals surface area contributed by atoms with Gasteiger partial charge in [-0.05, 0) is 37.3 Å². The van der Waals surface area contributed by atoms with E-state index in [0.29, 0.717) is 19.9 Å². The summed E-state index contributed by atoms with van der Waals surface area (Å²) in [5, 5.41) is 24.4. The minimum absolute atomic E-state index is 0.0493. The molecule has 2 aromatic carbocycles. The number of aliphatic hydroxyl groups is 2. The minimum atomic E-state index is -1.56. The van der Waals surface area contributed by atoms with Gasteiger partial charge in [0.25, 0.3) is 0 Å². The third kappa shape index (κ3) is 5.50. The van der Waals surface area contributed by atoms with Crippen LogP contribution >= 0.6 is 46.3 Å². The molecule has 1 fully saturated rings. The van der Waals surface area contributed by atoms with E-state index in [1.165, 1.54) is 18.9 Å². The van der Waals surface area contributed by atoms with Gasteiger partial charge in [-0.25, -0.2) is 18.2 Å². The maximum Gasteiger partial charge on any atom is 0.194 e. The lowest BCUT2D eigenvalue weighted by Crippen LogP contribution is -2.55. The first-order valence-corrected chi connectivity index (χ1v) is 12.9. The Hall–Kier alpha value is -1.37. The molecule has 2 heterocycles. The summed E-state index contributed by atoms with van der Waals surface area (Å²) in [5.41, 5.74) is -0.580. The lowest BCUT2D eigenvalue weighted by atomic mass is 9.88. The zero-order valence-electron chi connectivity index (χ0n) is 18.3. The normalized spacial score (nSPS) is 25.6. The third-order valence-electron chi connectivity index (χ3n) is 5.59. The number of halogens is 5. The molecule has 2 N–H and O–H groups in total. The molecule has 0 saturated carbocycles. The smallest absolute Gasteiger partial charge is 0.194 e. The zero-order valence-corrected chi connectivity index (χ0v) is 21.4. The summed E-state index contributed by atoms with van der Waals surface area (Å²) in [6.07, 6.45) is -3.69. The van der Waals surface area contributed by atoms with Crippen molar-refractivity contribution in [2.24, 2.45) is 0 Å². The number of thiazole rings is 1. The van der Waals surface area contributed by atoms with E-state index in [4.69, 9.17) is 32.7 Å². The van der Waals surface area contributed by atoms with Gasteiger partial charge in [-0.15, -0.1) is 11.3 Å². The Kier molecular flexibility index (Phi) is 8.34. The summed E-state index contributed by atoms with van der Waals surface area (Å²) in [7, 11) is 1.43. The molecule has 1 aliphatic rings. The highest BCUT2D eigenvalue weighted by atomic mass is 35.5. The van der Waals surface area contributed by atoms with Crippen LogP contribution in [0, 0.1) is 17.5 Å². The summed E-state index contributed by atoms with van der Waals surface area (Å²) in [5.74, 6) is -4.97. The van der Waals surface area contributed by atoms with Crippen LogP contribution in [-0.2, 0) is 9.47 Å². The third-order valence-corrected chi connectivity index (χ3v) is 8.43. The Morgan fingerprint density at radius 2 is 1.83 bits per heavy atom. The molecular formula is C23H20Cl2F3NO4S2. The Morgan fingerprint density at radius 1 is 1.14 bits per heavy atom. The SMILES string of the molecule is CO[C@H]1C(C(C)O)O[C@H](Sc2ccc(Cl)c(Cl)c2)C(O)C1c1nc(-c2cc(F)c(F)c(F)c2)cs1. The second-order valence-corrected chi connectivity index (χ2v) is 10.8. The number of methoxy groups -OCH3 is 1. The monoisotopic (exact) mass is 565 g/mol. The van der Waals surface area contributed by atoms with Gasteiger partial charge in [-0.1, -0.05) is 35.0 Å². The Morgan fingerprint density at radius 3 is 2.43 bits per heavy atom. The van der Waals surface area contributed by atoms with Gasteiger partial charge in [0.1, 0.15) is 22.7 Å². The average Bonchev–Trinajstić information content (AvgIpc) is 3.30. The van der Waals surface area contributed by atoms with Gasteiger partial charge < -0.3 is 19.7 Å². The highest BCUT2D eigenvalue weighted by Gasteiger charge is 2.49. The topological polar surface area (TPSA) is 71.8 Å². The predicted octanol–water partition coefficient (Wildman–Crippen LogP) is 5.89. The van der Waals surface area contributed by atoms with E-state index in [2.05, 4.69) is 4.98 Å². The van der Waals surface area contributed by atoms with Crippen molar-refractivity contribution >= 4 is 46.3 Å². The fourth-order valence-electron chi connectivity index (χ4n) is 3.89. The number of hydrogen-bond acceptors (Lipinski definition) is 7. The maximum atomic E-state index is 13.8. The van der Waals surface area contributed by atoms with Crippen LogP contribution in [-0.4, -0.2) is 52.2 Å². The second kappa shape index (κ2) is 10.9. The molecule has 0 spiro atoms. The van der Waals surface area contributed by atoms with E-state index in [-0.39, 0.29) is 11.3 Å². The van der Waals surface area contributed by atoms with Crippen LogP contribution in [0.25, 0.3) is 11.3 Å². The first kappa shape index (κ1) is 26.7. The fraction of sp³-hybridized carbons (Fsp3) is 0.348. The number of rotatable bonds is 6. The summed E-state index contributed by atoms with van der Waals surface area (Å²) < 4.78 is 52.5. The lowest BCUT2D eigenvalue weighted by molar-refractivity contribution is -0.188. The van der Waals surface area contributed by atoms with E-state index >= 15 is 0 Å².